The number of thiophene rings is 1. The number of unbranched alkanes of at least 4 members (excludes halogenated alkanes) is 9. The van der Waals surface area contributed by atoms with Crippen LogP contribution in [0, 0.1) is 13.8 Å². The van der Waals surface area contributed by atoms with Crippen LogP contribution in [0.5, 0.6) is 5.75 Å². The Balaban J connectivity index is 1.14. The van der Waals surface area contributed by atoms with Gasteiger partial charge in [-0.15, -0.1) is 11.3 Å². The largest absolute Gasteiger partial charge is 0.506 e. The van der Waals surface area contributed by atoms with Crippen LogP contribution >= 0.6 is 11.3 Å². The van der Waals surface area contributed by atoms with Crippen LogP contribution in [0.3, 0.4) is 0 Å². The monoisotopic (exact) mass is 453 g/mol. The summed E-state index contributed by atoms with van der Waals surface area (Å²) in [5, 5.41) is 10.9. The molecule has 1 aromatic carbocycles. The van der Waals surface area contributed by atoms with Crippen molar-refractivity contribution in [1.29, 1.82) is 0 Å². The fraction of sp³-hybridized carbons (Fsp3) is 0.536. The Morgan fingerprint density at radius 2 is 1.53 bits per heavy atom. The number of aromatic nitrogens is 1. The van der Waals surface area contributed by atoms with E-state index in [2.05, 4.69) is 24.9 Å². The van der Waals surface area contributed by atoms with Gasteiger partial charge in [0.15, 0.2) is 0 Å². The minimum absolute atomic E-state index is 0.229. The van der Waals surface area contributed by atoms with E-state index in [0.717, 1.165) is 24.0 Å². The second-order valence-corrected chi connectivity index (χ2v) is 10.4. The summed E-state index contributed by atoms with van der Waals surface area (Å²) < 4.78 is 5.88. The number of fused-ring (bicyclic) bond motifs is 1. The zero-order valence-corrected chi connectivity index (χ0v) is 20.7. The molecule has 1 N–H and O–H groups in total. The van der Waals surface area contributed by atoms with Gasteiger partial charge in [0.05, 0.1) is 6.61 Å². The fourth-order valence-corrected chi connectivity index (χ4v) is 5.37. The van der Waals surface area contributed by atoms with Gasteiger partial charge in [-0.2, -0.15) is 0 Å². The topological polar surface area (TPSA) is 42.4 Å². The van der Waals surface area contributed by atoms with E-state index < -0.39 is 0 Å². The molecule has 32 heavy (non-hydrogen) atoms. The van der Waals surface area contributed by atoms with Gasteiger partial charge in [-0.05, 0) is 62.4 Å². The van der Waals surface area contributed by atoms with Crippen molar-refractivity contribution in [2.75, 3.05) is 6.61 Å². The number of pyridine rings is 1. The van der Waals surface area contributed by atoms with E-state index in [9.17, 15) is 5.11 Å². The van der Waals surface area contributed by atoms with Crippen LogP contribution in [0.2, 0.25) is 0 Å². The van der Waals surface area contributed by atoms with Crippen LogP contribution in [0.4, 0.5) is 0 Å². The standard InChI is InChI=1S/C28H39NO2S/c1-22-20-24(23(2)32-22)14-11-9-7-5-3-4-6-8-10-12-19-31-21-25-16-17-27(30)28-26(25)15-13-18-29-28/h13,15-18,20,30H,3-12,14,19,21H2,1-2H3. The normalized spacial score (nSPS) is 11.4. The van der Waals surface area contributed by atoms with Gasteiger partial charge in [0.25, 0.3) is 0 Å². The lowest BCUT2D eigenvalue weighted by Gasteiger charge is -2.08. The number of hydrogen-bond donors (Lipinski definition) is 1. The zero-order valence-electron chi connectivity index (χ0n) is 19.9. The summed E-state index contributed by atoms with van der Waals surface area (Å²) >= 11 is 1.94. The van der Waals surface area contributed by atoms with Crippen LogP contribution in [0.25, 0.3) is 10.9 Å². The number of hydrogen-bond acceptors (Lipinski definition) is 4. The fourth-order valence-electron chi connectivity index (χ4n) is 4.39. The average Bonchev–Trinajstić information content (AvgIpc) is 3.12. The van der Waals surface area contributed by atoms with E-state index >= 15 is 0 Å². The molecule has 0 aliphatic carbocycles. The third kappa shape index (κ3) is 7.90. The molecule has 0 radical (unpaired) electrons. The van der Waals surface area contributed by atoms with E-state index in [1.54, 1.807) is 17.8 Å². The first kappa shape index (κ1) is 24.7. The molecule has 0 unspecified atom stereocenters. The molecule has 0 amide bonds. The lowest BCUT2D eigenvalue weighted by atomic mass is 10.0. The number of phenols is 1. The summed E-state index contributed by atoms with van der Waals surface area (Å²) in [7, 11) is 0. The summed E-state index contributed by atoms with van der Waals surface area (Å²) in [5.41, 5.74) is 3.32. The van der Waals surface area contributed by atoms with E-state index in [4.69, 9.17) is 4.74 Å². The number of benzene rings is 1. The van der Waals surface area contributed by atoms with Crippen LogP contribution in [-0.2, 0) is 17.8 Å². The van der Waals surface area contributed by atoms with Gasteiger partial charge >= 0.3 is 0 Å². The lowest BCUT2D eigenvalue weighted by molar-refractivity contribution is 0.117. The lowest BCUT2D eigenvalue weighted by Crippen LogP contribution is -1.97. The highest BCUT2D eigenvalue weighted by atomic mass is 32.1. The second kappa shape index (κ2) is 13.6. The molecule has 3 nitrogen and oxygen atoms in total. The number of phenolic OH excluding ortho intramolecular Hbond substituents is 1. The quantitative estimate of drug-likeness (QED) is 0.235. The Bertz CT molecular complexity index is 950. The van der Waals surface area contributed by atoms with Crippen molar-refractivity contribution in [2.24, 2.45) is 0 Å². The third-order valence-electron chi connectivity index (χ3n) is 6.22. The van der Waals surface area contributed by atoms with Gasteiger partial charge in [0.2, 0.25) is 0 Å². The maximum absolute atomic E-state index is 9.93. The first-order chi connectivity index (χ1) is 15.6. The summed E-state index contributed by atoms with van der Waals surface area (Å²) in [5.74, 6) is 0.229. The third-order valence-corrected chi connectivity index (χ3v) is 7.23. The van der Waals surface area contributed by atoms with Crippen molar-refractivity contribution < 1.29 is 9.84 Å². The summed E-state index contributed by atoms with van der Waals surface area (Å²) in [6.07, 6.45) is 16.2. The SMILES string of the molecule is Cc1cc(CCCCCCCCCCCCOCc2ccc(O)c3ncccc23)c(C)s1. The maximum Gasteiger partial charge on any atom is 0.141 e. The minimum atomic E-state index is 0.229. The first-order valence-corrected chi connectivity index (χ1v) is 13.2. The highest BCUT2D eigenvalue weighted by Crippen LogP contribution is 2.26. The van der Waals surface area contributed by atoms with Crippen molar-refractivity contribution in [3.8, 4) is 5.75 Å². The Morgan fingerprint density at radius 1 is 0.844 bits per heavy atom. The molecule has 0 saturated carbocycles. The molecular formula is C28H39NO2S. The summed E-state index contributed by atoms with van der Waals surface area (Å²) in [4.78, 5) is 7.23. The van der Waals surface area contributed by atoms with Crippen molar-refractivity contribution in [3.63, 3.8) is 0 Å². The molecule has 174 valence electrons. The predicted octanol–water partition coefficient (Wildman–Crippen LogP) is 8.28. The number of aromatic hydroxyl groups is 1. The smallest absolute Gasteiger partial charge is 0.141 e. The molecule has 0 spiro atoms. The number of nitrogens with zero attached hydrogens (tertiary/aromatic N) is 1. The van der Waals surface area contributed by atoms with Gasteiger partial charge in [-0.3, -0.25) is 4.98 Å². The molecular weight excluding hydrogens is 414 g/mol. The van der Waals surface area contributed by atoms with E-state index in [1.165, 1.54) is 74.0 Å². The van der Waals surface area contributed by atoms with Crippen molar-refractivity contribution in [1.82, 2.24) is 4.98 Å². The Kier molecular flexibility index (Phi) is 10.5. The van der Waals surface area contributed by atoms with Gasteiger partial charge in [0.1, 0.15) is 11.3 Å². The molecule has 0 atom stereocenters. The van der Waals surface area contributed by atoms with Crippen LogP contribution in [0.1, 0.15) is 85.1 Å². The van der Waals surface area contributed by atoms with Gasteiger partial charge in [-0.25, -0.2) is 0 Å². The number of aryl methyl sites for hydroxylation is 3. The van der Waals surface area contributed by atoms with E-state index in [1.807, 2.05) is 29.5 Å². The summed E-state index contributed by atoms with van der Waals surface area (Å²) in [6.45, 7) is 5.85. The first-order valence-electron chi connectivity index (χ1n) is 12.3. The van der Waals surface area contributed by atoms with E-state index in [-0.39, 0.29) is 5.75 Å². The second-order valence-electron chi connectivity index (χ2n) is 8.92. The number of ether oxygens (including phenoxy) is 1. The number of rotatable bonds is 15. The molecule has 0 aliphatic rings. The maximum atomic E-state index is 9.93. The van der Waals surface area contributed by atoms with E-state index in [0.29, 0.717) is 12.1 Å². The minimum Gasteiger partial charge on any atom is -0.506 e. The average molecular weight is 454 g/mol. The van der Waals surface area contributed by atoms with Crippen molar-refractivity contribution >= 4 is 22.2 Å². The van der Waals surface area contributed by atoms with Gasteiger partial charge in [0, 0.05) is 27.9 Å². The van der Waals surface area contributed by atoms with Crippen LogP contribution < -0.4 is 0 Å². The molecule has 3 aromatic rings. The summed E-state index contributed by atoms with van der Waals surface area (Å²) in [6, 6.07) is 9.91. The van der Waals surface area contributed by atoms with Gasteiger partial charge in [-0.1, -0.05) is 63.5 Å². The van der Waals surface area contributed by atoms with Gasteiger partial charge < -0.3 is 9.84 Å². The van der Waals surface area contributed by atoms with Crippen molar-refractivity contribution in [3.05, 3.63) is 57.4 Å². The molecule has 2 heterocycles. The molecule has 3 rings (SSSR count). The molecule has 2 aromatic heterocycles. The zero-order chi connectivity index (χ0) is 22.6. The highest BCUT2D eigenvalue weighted by Gasteiger charge is 2.06. The molecule has 0 fully saturated rings. The Hall–Kier alpha value is -1.91. The molecule has 0 aliphatic heterocycles. The van der Waals surface area contributed by atoms with Crippen LogP contribution in [0.15, 0.2) is 36.5 Å². The molecule has 0 bridgehead atoms. The predicted molar refractivity (Wildman–Crippen MR) is 137 cm³/mol. The Labute approximate surface area is 197 Å². The van der Waals surface area contributed by atoms with Crippen LogP contribution in [-0.4, -0.2) is 16.7 Å². The molecule has 4 heteroatoms. The van der Waals surface area contributed by atoms with Crippen molar-refractivity contribution in [2.45, 2.75) is 91.1 Å². The Morgan fingerprint density at radius 3 is 2.22 bits per heavy atom. The highest BCUT2D eigenvalue weighted by molar-refractivity contribution is 7.12. The molecule has 0 saturated heterocycles.